The number of likely N-dealkylation sites (tertiary alicyclic amines) is 1. The molecule has 10 heteroatoms. The van der Waals surface area contributed by atoms with Crippen LogP contribution in [0.4, 0.5) is 15.6 Å². The Morgan fingerprint density at radius 1 is 1.16 bits per heavy atom. The Morgan fingerprint density at radius 2 is 1.97 bits per heavy atom. The van der Waals surface area contributed by atoms with Crippen LogP contribution in [0.25, 0.3) is 10.6 Å². The van der Waals surface area contributed by atoms with Crippen LogP contribution >= 0.6 is 22.9 Å². The number of ether oxygens (including phenoxy) is 1. The maximum absolute atomic E-state index is 12.8. The molecule has 3 aromatic rings. The summed E-state index contributed by atoms with van der Waals surface area (Å²) in [5, 5.41) is 15.5. The van der Waals surface area contributed by atoms with E-state index in [9.17, 15) is 9.59 Å². The minimum absolute atomic E-state index is 0.280. The molecule has 3 amide bonds. The summed E-state index contributed by atoms with van der Waals surface area (Å²) in [6.45, 7) is 0.503. The quantitative estimate of drug-likeness (QED) is 0.588. The number of urea groups is 1. The van der Waals surface area contributed by atoms with Crippen molar-refractivity contribution < 1.29 is 14.3 Å². The number of hydrogen-bond donors (Lipinski definition) is 2. The number of benzene rings is 2. The average Bonchev–Trinajstić information content (AvgIpc) is 3.45. The van der Waals surface area contributed by atoms with Gasteiger partial charge >= 0.3 is 6.03 Å². The summed E-state index contributed by atoms with van der Waals surface area (Å²) in [5.41, 5.74) is 1.47. The maximum atomic E-state index is 12.8. The zero-order chi connectivity index (χ0) is 21.8. The van der Waals surface area contributed by atoms with E-state index in [1.54, 1.807) is 31.4 Å². The lowest BCUT2D eigenvalue weighted by atomic mass is 10.2. The number of amides is 3. The first-order valence-corrected chi connectivity index (χ1v) is 10.8. The number of nitrogens with one attached hydrogen (secondary N) is 2. The highest BCUT2D eigenvalue weighted by atomic mass is 35.5. The third-order valence-corrected chi connectivity index (χ3v) is 6.02. The number of nitrogens with zero attached hydrogens (tertiary/aromatic N) is 3. The second kappa shape index (κ2) is 9.32. The van der Waals surface area contributed by atoms with E-state index >= 15 is 0 Å². The number of hydrogen-bond acceptors (Lipinski definition) is 6. The summed E-state index contributed by atoms with van der Waals surface area (Å²) >= 11 is 7.15. The van der Waals surface area contributed by atoms with E-state index in [2.05, 4.69) is 20.8 Å². The Kier molecular flexibility index (Phi) is 6.34. The van der Waals surface area contributed by atoms with Gasteiger partial charge in [0.15, 0.2) is 0 Å². The molecule has 2 N–H and O–H groups in total. The van der Waals surface area contributed by atoms with Crippen LogP contribution in [0.3, 0.4) is 0 Å². The molecule has 1 fully saturated rings. The fourth-order valence-electron chi connectivity index (χ4n) is 3.35. The molecule has 8 nitrogen and oxygen atoms in total. The van der Waals surface area contributed by atoms with Gasteiger partial charge in [-0.15, -0.1) is 10.2 Å². The van der Waals surface area contributed by atoms with Crippen LogP contribution < -0.4 is 15.4 Å². The molecule has 1 aliphatic heterocycles. The molecule has 1 saturated heterocycles. The second-order valence-electron chi connectivity index (χ2n) is 6.92. The second-order valence-corrected chi connectivity index (χ2v) is 8.34. The molecule has 31 heavy (non-hydrogen) atoms. The van der Waals surface area contributed by atoms with Crippen LogP contribution in [0, 0.1) is 0 Å². The van der Waals surface area contributed by atoms with Crippen molar-refractivity contribution in [2.24, 2.45) is 0 Å². The van der Waals surface area contributed by atoms with Crippen LogP contribution in [-0.2, 0) is 4.79 Å². The molecule has 0 bridgehead atoms. The molecule has 0 spiro atoms. The topological polar surface area (TPSA) is 96.5 Å². The Labute approximate surface area is 188 Å². The van der Waals surface area contributed by atoms with Crippen molar-refractivity contribution in [3.8, 4) is 16.3 Å². The molecular weight excluding hydrogens is 438 g/mol. The van der Waals surface area contributed by atoms with Gasteiger partial charge in [-0.1, -0.05) is 35.1 Å². The van der Waals surface area contributed by atoms with Crippen molar-refractivity contribution in [3.63, 3.8) is 0 Å². The molecule has 1 aliphatic rings. The highest BCUT2D eigenvalue weighted by molar-refractivity contribution is 7.18. The normalized spacial score (nSPS) is 15.5. The van der Waals surface area contributed by atoms with Crippen LogP contribution in [0.2, 0.25) is 5.02 Å². The number of halogens is 1. The molecule has 160 valence electrons. The molecule has 0 saturated carbocycles. The van der Waals surface area contributed by atoms with Crippen molar-refractivity contribution in [2.45, 2.75) is 18.9 Å². The Morgan fingerprint density at radius 3 is 2.74 bits per heavy atom. The van der Waals surface area contributed by atoms with Gasteiger partial charge < -0.3 is 15.0 Å². The molecule has 1 unspecified atom stereocenters. The first-order valence-electron chi connectivity index (χ1n) is 9.65. The standard InChI is InChI=1S/C21H20ClN5O3S/c1-30-16-5-2-4-13(12-16)19-25-26-20(31-19)24-18(28)17-6-3-11-27(17)21(29)23-15-9-7-14(22)8-10-15/h2,4-5,7-10,12,17H,3,6,11H2,1H3,(H,23,29)(H,24,26,28). The zero-order valence-corrected chi connectivity index (χ0v) is 18.2. The third kappa shape index (κ3) is 4.95. The largest absolute Gasteiger partial charge is 0.497 e. The fraction of sp³-hybridized carbons (Fsp3) is 0.238. The Bertz CT molecular complexity index is 1090. The monoisotopic (exact) mass is 457 g/mol. The lowest BCUT2D eigenvalue weighted by molar-refractivity contribution is -0.119. The SMILES string of the molecule is COc1cccc(-c2nnc(NC(=O)C3CCCN3C(=O)Nc3ccc(Cl)cc3)s2)c1. The van der Waals surface area contributed by atoms with Crippen molar-refractivity contribution in [3.05, 3.63) is 53.6 Å². The molecule has 1 atom stereocenters. The molecular formula is C21H20ClN5O3S. The number of carbonyl (C=O) groups is 2. The summed E-state index contributed by atoms with van der Waals surface area (Å²) in [6, 6.07) is 13.4. The third-order valence-electron chi connectivity index (χ3n) is 4.88. The van der Waals surface area contributed by atoms with Gasteiger partial charge in [0.1, 0.15) is 16.8 Å². The Balaban J connectivity index is 1.41. The molecule has 1 aromatic heterocycles. The van der Waals surface area contributed by atoms with Gasteiger partial charge in [0.25, 0.3) is 0 Å². The van der Waals surface area contributed by atoms with Gasteiger partial charge in [-0.05, 0) is 49.2 Å². The summed E-state index contributed by atoms with van der Waals surface area (Å²) in [7, 11) is 1.60. The summed E-state index contributed by atoms with van der Waals surface area (Å²) in [5.74, 6) is 0.434. The number of aromatic nitrogens is 2. The average molecular weight is 458 g/mol. The summed E-state index contributed by atoms with van der Waals surface area (Å²) in [6.07, 6.45) is 1.33. The zero-order valence-electron chi connectivity index (χ0n) is 16.7. The maximum Gasteiger partial charge on any atom is 0.322 e. The predicted molar refractivity (Wildman–Crippen MR) is 121 cm³/mol. The van der Waals surface area contributed by atoms with E-state index in [1.807, 2.05) is 24.3 Å². The van der Waals surface area contributed by atoms with Gasteiger partial charge in [-0.3, -0.25) is 10.1 Å². The van der Waals surface area contributed by atoms with Gasteiger partial charge in [0, 0.05) is 22.8 Å². The summed E-state index contributed by atoms with van der Waals surface area (Å²) in [4.78, 5) is 27.1. The minimum Gasteiger partial charge on any atom is -0.497 e. The van der Waals surface area contributed by atoms with Crippen LogP contribution in [-0.4, -0.2) is 46.7 Å². The van der Waals surface area contributed by atoms with Gasteiger partial charge in [-0.2, -0.15) is 0 Å². The number of anilines is 2. The van der Waals surface area contributed by atoms with E-state index in [0.717, 1.165) is 12.0 Å². The molecule has 2 aromatic carbocycles. The summed E-state index contributed by atoms with van der Waals surface area (Å²) < 4.78 is 5.23. The van der Waals surface area contributed by atoms with Gasteiger partial charge in [0.2, 0.25) is 11.0 Å². The van der Waals surface area contributed by atoms with Gasteiger partial charge in [-0.25, -0.2) is 4.79 Å². The number of carbonyl (C=O) groups excluding carboxylic acids is 2. The van der Waals surface area contributed by atoms with Crippen molar-refractivity contribution >= 4 is 45.7 Å². The number of rotatable bonds is 5. The smallest absolute Gasteiger partial charge is 0.322 e. The van der Waals surface area contributed by atoms with Crippen LogP contribution in [0.5, 0.6) is 5.75 Å². The van der Waals surface area contributed by atoms with Gasteiger partial charge in [0.05, 0.1) is 7.11 Å². The molecule has 4 rings (SSSR count). The van der Waals surface area contributed by atoms with E-state index in [4.69, 9.17) is 16.3 Å². The van der Waals surface area contributed by atoms with Crippen LogP contribution in [0.1, 0.15) is 12.8 Å². The van der Waals surface area contributed by atoms with Crippen molar-refractivity contribution in [1.29, 1.82) is 0 Å². The highest BCUT2D eigenvalue weighted by Crippen LogP contribution is 2.29. The Hall–Kier alpha value is -3.17. The minimum atomic E-state index is -0.573. The first kappa shape index (κ1) is 21.1. The molecule has 0 aliphatic carbocycles. The lowest BCUT2D eigenvalue weighted by Gasteiger charge is -2.23. The molecule has 2 heterocycles. The van der Waals surface area contributed by atoms with E-state index < -0.39 is 6.04 Å². The predicted octanol–water partition coefficient (Wildman–Crippen LogP) is 4.50. The lowest BCUT2D eigenvalue weighted by Crippen LogP contribution is -2.45. The van der Waals surface area contributed by atoms with E-state index in [-0.39, 0.29) is 11.9 Å². The molecule has 0 radical (unpaired) electrons. The van der Waals surface area contributed by atoms with E-state index in [0.29, 0.717) is 39.6 Å². The van der Waals surface area contributed by atoms with Crippen LogP contribution in [0.15, 0.2) is 48.5 Å². The number of methoxy groups -OCH3 is 1. The van der Waals surface area contributed by atoms with E-state index in [1.165, 1.54) is 16.2 Å². The highest BCUT2D eigenvalue weighted by Gasteiger charge is 2.34. The van der Waals surface area contributed by atoms with Crippen molar-refractivity contribution in [1.82, 2.24) is 15.1 Å². The first-order chi connectivity index (χ1) is 15.0. The fourth-order valence-corrected chi connectivity index (χ4v) is 4.21. The van der Waals surface area contributed by atoms with Crippen molar-refractivity contribution in [2.75, 3.05) is 24.3 Å².